The summed E-state index contributed by atoms with van der Waals surface area (Å²) in [6, 6.07) is 19.1. The number of piperidine rings is 1. The minimum atomic E-state index is -1.83. The zero-order valence-electron chi connectivity index (χ0n) is 19.3. The summed E-state index contributed by atoms with van der Waals surface area (Å²) in [7, 11) is 0. The second kappa shape index (κ2) is 10.2. The van der Waals surface area contributed by atoms with Gasteiger partial charge >= 0.3 is 0 Å². The van der Waals surface area contributed by atoms with Crippen molar-refractivity contribution in [1.29, 1.82) is 0 Å². The molecule has 2 aliphatic rings. The van der Waals surface area contributed by atoms with Crippen molar-refractivity contribution in [3.05, 3.63) is 82.3 Å². The molecule has 0 radical (unpaired) electrons. The zero-order chi connectivity index (χ0) is 25.4. The number of alkyl halides is 3. The molecule has 188 valence electrons. The standard InChI is InChI=1S/C26H25Cl3N4O2S/c27-26(28,29)24(30-22(34)12-18-7-3-6-17-5-1-2-8-20(17)18)31-25(36)32-13-16-11-19(15-32)21-9-4-10-23(35)33(21)14-16/h1-10,16,19,24H,11-15H2,(H,30,34)(H,31,36)/t16-,19+,24+/m0/s1. The third kappa shape index (κ3) is 5.35. The molecule has 0 saturated carbocycles. The summed E-state index contributed by atoms with van der Waals surface area (Å²) in [5.74, 6) is 0.170. The summed E-state index contributed by atoms with van der Waals surface area (Å²) < 4.78 is 0.0360. The van der Waals surface area contributed by atoms with E-state index >= 15 is 0 Å². The number of rotatable bonds is 4. The van der Waals surface area contributed by atoms with Gasteiger partial charge in [-0.3, -0.25) is 9.59 Å². The smallest absolute Gasteiger partial charge is 0.250 e. The van der Waals surface area contributed by atoms with Crippen LogP contribution in [0.4, 0.5) is 0 Å². The third-order valence-corrected chi connectivity index (χ3v) is 7.93. The molecule has 6 nitrogen and oxygen atoms in total. The average molecular weight is 564 g/mol. The molecule has 2 N–H and O–H groups in total. The van der Waals surface area contributed by atoms with Crippen LogP contribution in [-0.2, 0) is 17.8 Å². The monoisotopic (exact) mass is 562 g/mol. The van der Waals surface area contributed by atoms with Gasteiger partial charge in [0, 0.05) is 37.3 Å². The highest BCUT2D eigenvalue weighted by atomic mass is 35.6. The predicted octanol–water partition coefficient (Wildman–Crippen LogP) is 4.35. The van der Waals surface area contributed by atoms with Crippen LogP contribution in [-0.4, -0.2) is 43.5 Å². The number of fused-ring (bicyclic) bond motifs is 5. The maximum atomic E-state index is 13.0. The van der Waals surface area contributed by atoms with Crippen molar-refractivity contribution in [2.24, 2.45) is 5.92 Å². The number of likely N-dealkylation sites (tertiary alicyclic amines) is 1. The van der Waals surface area contributed by atoms with Gasteiger partial charge in [-0.1, -0.05) is 83.3 Å². The van der Waals surface area contributed by atoms with Gasteiger partial charge in [-0.15, -0.1) is 0 Å². The number of thiocarbonyl (C=S) groups is 1. The summed E-state index contributed by atoms with van der Waals surface area (Å²) in [4.78, 5) is 27.3. The lowest BCUT2D eigenvalue weighted by Crippen LogP contribution is -2.60. The molecule has 1 amide bonds. The minimum absolute atomic E-state index is 0.0292. The Morgan fingerprint density at radius 2 is 1.75 bits per heavy atom. The largest absolute Gasteiger partial charge is 0.348 e. The molecule has 5 rings (SSSR count). The molecular formula is C26H25Cl3N4O2S. The zero-order valence-corrected chi connectivity index (χ0v) is 22.4. The number of nitrogens with one attached hydrogen (secondary N) is 2. The number of hydrogen-bond acceptors (Lipinski definition) is 3. The number of amides is 1. The molecule has 2 aromatic carbocycles. The van der Waals surface area contributed by atoms with Gasteiger partial charge in [0.1, 0.15) is 6.17 Å². The Balaban J connectivity index is 1.27. The van der Waals surface area contributed by atoms with Crippen LogP contribution in [0.3, 0.4) is 0 Å². The van der Waals surface area contributed by atoms with Gasteiger partial charge in [-0.25, -0.2) is 0 Å². The molecule has 36 heavy (non-hydrogen) atoms. The number of hydrogen-bond donors (Lipinski definition) is 2. The van der Waals surface area contributed by atoms with Gasteiger partial charge in [0.25, 0.3) is 5.56 Å². The number of nitrogens with zero attached hydrogens (tertiary/aromatic N) is 2. The third-order valence-electron chi connectivity index (χ3n) is 6.90. The maximum absolute atomic E-state index is 13.0. The van der Waals surface area contributed by atoms with Crippen molar-refractivity contribution in [2.75, 3.05) is 13.1 Å². The quantitative estimate of drug-likeness (QED) is 0.281. The highest BCUT2D eigenvalue weighted by molar-refractivity contribution is 7.80. The molecule has 1 saturated heterocycles. The Hall–Kier alpha value is -2.32. The van der Waals surface area contributed by atoms with E-state index in [2.05, 4.69) is 10.6 Å². The first-order chi connectivity index (χ1) is 17.2. The van der Waals surface area contributed by atoms with Crippen molar-refractivity contribution in [2.45, 2.75) is 35.3 Å². The van der Waals surface area contributed by atoms with Crippen LogP contribution in [0.1, 0.15) is 23.6 Å². The van der Waals surface area contributed by atoms with Gasteiger partial charge in [-0.2, -0.15) is 0 Å². The number of halogens is 3. The average Bonchev–Trinajstić information content (AvgIpc) is 2.84. The van der Waals surface area contributed by atoms with Crippen LogP contribution in [0.5, 0.6) is 0 Å². The SMILES string of the molecule is O=C(Cc1cccc2ccccc12)N[C@H](NC(=S)N1C[C@@H]2C[C@H](C1)c1cccc(=O)n1C2)C(Cl)(Cl)Cl. The van der Waals surface area contributed by atoms with Crippen LogP contribution in [0, 0.1) is 5.92 Å². The molecule has 1 fully saturated rings. The number of carbonyl (C=O) groups is 1. The van der Waals surface area contributed by atoms with Crippen molar-refractivity contribution in [1.82, 2.24) is 20.1 Å². The normalized spacial score (nSPS) is 19.9. The van der Waals surface area contributed by atoms with Crippen LogP contribution in [0.25, 0.3) is 10.8 Å². The lowest BCUT2D eigenvalue weighted by atomic mass is 9.83. The first-order valence-electron chi connectivity index (χ1n) is 11.8. The Bertz CT molecular complexity index is 1370. The molecule has 3 heterocycles. The molecule has 0 unspecified atom stereocenters. The van der Waals surface area contributed by atoms with Crippen LogP contribution >= 0.6 is 47.0 Å². The number of benzene rings is 2. The number of aromatic nitrogens is 1. The molecule has 2 bridgehead atoms. The van der Waals surface area contributed by atoms with Gasteiger partial charge < -0.3 is 20.1 Å². The van der Waals surface area contributed by atoms with Crippen molar-refractivity contribution in [3.63, 3.8) is 0 Å². The fourth-order valence-electron chi connectivity index (χ4n) is 5.31. The first-order valence-corrected chi connectivity index (χ1v) is 13.3. The summed E-state index contributed by atoms with van der Waals surface area (Å²) in [6.07, 6.45) is 0.110. The Morgan fingerprint density at radius 3 is 2.56 bits per heavy atom. The summed E-state index contributed by atoms with van der Waals surface area (Å²) in [6.45, 7) is 1.97. The highest BCUT2D eigenvalue weighted by Crippen LogP contribution is 2.35. The second-order valence-electron chi connectivity index (χ2n) is 9.41. The fraction of sp³-hybridized carbons (Fsp3) is 0.346. The van der Waals surface area contributed by atoms with Crippen LogP contribution < -0.4 is 16.2 Å². The van der Waals surface area contributed by atoms with E-state index in [0.717, 1.165) is 28.5 Å². The molecule has 0 spiro atoms. The predicted molar refractivity (Wildman–Crippen MR) is 149 cm³/mol. The van der Waals surface area contributed by atoms with Crippen molar-refractivity contribution >= 4 is 68.8 Å². The summed E-state index contributed by atoms with van der Waals surface area (Å²) >= 11 is 24.4. The lowest BCUT2D eigenvalue weighted by molar-refractivity contribution is -0.121. The van der Waals surface area contributed by atoms with E-state index in [4.69, 9.17) is 47.0 Å². The van der Waals surface area contributed by atoms with Gasteiger partial charge in [0.15, 0.2) is 5.11 Å². The van der Waals surface area contributed by atoms with Gasteiger partial charge in [0.05, 0.1) is 6.42 Å². The van der Waals surface area contributed by atoms with Crippen molar-refractivity contribution in [3.8, 4) is 0 Å². The van der Waals surface area contributed by atoms with Crippen LogP contribution in [0.15, 0.2) is 65.5 Å². The molecule has 1 aromatic heterocycles. The van der Waals surface area contributed by atoms with E-state index < -0.39 is 9.96 Å². The Morgan fingerprint density at radius 1 is 1.00 bits per heavy atom. The molecule has 3 atom stereocenters. The van der Waals surface area contributed by atoms with E-state index in [1.165, 1.54) is 0 Å². The molecular weight excluding hydrogens is 539 g/mol. The Labute approximate surface area is 229 Å². The summed E-state index contributed by atoms with van der Waals surface area (Å²) in [5, 5.41) is 8.33. The van der Waals surface area contributed by atoms with Gasteiger partial charge in [-0.05, 0) is 47.0 Å². The Kier molecular flexibility index (Phi) is 7.18. The summed E-state index contributed by atoms with van der Waals surface area (Å²) in [5.41, 5.74) is 1.93. The molecule has 3 aromatic rings. The van der Waals surface area contributed by atoms with E-state index in [-0.39, 0.29) is 29.7 Å². The number of carbonyl (C=O) groups excluding carboxylic acids is 1. The van der Waals surface area contributed by atoms with Gasteiger partial charge in [0.2, 0.25) is 9.70 Å². The van der Waals surface area contributed by atoms with E-state index in [1.54, 1.807) is 12.1 Å². The second-order valence-corrected chi connectivity index (χ2v) is 12.2. The molecule has 0 aliphatic carbocycles. The minimum Gasteiger partial charge on any atom is -0.348 e. The van der Waals surface area contributed by atoms with Crippen LogP contribution in [0.2, 0.25) is 0 Å². The highest BCUT2D eigenvalue weighted by Gasteiger charge is 2.38. The van der Waals surface area contributed by atoms with E-state index in [1.807, 2.05) is 58.0 Å². The fourth-order valence-corrected chi connectivity index (χ4v) is 5.90. The number of pyridine rings is 1. The maximum Gasteiger partial charge on any atom is 0.250 e. The van der Waals surface area contributed by atoms with E-state index in [9.17, 15) is 9.59 Å². The topological polar surface area (TPSA) is 66.4 Å². The molecule has 2 aliphatic heterocycles. The molecule has 10 heteroatoms. The first kappa shape index (κ1) is 25.3. The van der Waals surface area contributed by atoms with E-state index in [0.29, 0.717) is 24.7 Å². The van der Waals surface area contributed by atoms with Crippen molar-refractivity contribution < 1.29 is 4.79 Å². The lowest BCUT2D eigenvalue weighted by Gasteiger charge is -2.44.